The van der Waals surface area contributed by atoms with Gasteiger partial charge < -0.3 is 10.1 Å². The van der Waals surface area contributed by atoms with Gasteiger partial charge in [0.05, 0.1) is 6.54 Å². The smallest absolute Gasteiger partial charge is 0.252 e. The van der Waals surface area contributed by atoms with Gasteiger partial charge in [-0.2, -0.15) is 10.1 Å². The number of benzene rings is 1. The first kappa shape index (κ1) is 20.8. The normalized spacial score (nSPS) is 11.6. The van der Waals surface area contributed by atoms with Crippen molar-refractivity contribution < 1.29 is 9.53 Å². The maximum absolute atomic E-state index is 12.2. The van der Waals surface area contributed by atoms with Gasteiger partial charge in [-0.1, -0.05) is 32.9 Å². The summed E-state index contributed by atoms with van der Waals surface area (Å²) in [5.74, 6) is 1.39. The number of aromatic nitrogens is 4. The van der Waals surface area contributed by atoms with Crippen LogP contribution in [0.15, 0.2) is 30.6 Å². The predicted octanol–water partition coefficient (Wildman–Crippen LogP) is 3.17. The highest BCUT2D eigenvalue weighted by atomic mass is 16.5. The van der Waals surface area contributed by atoms with Crippen molar-refractivity contribution in [3.05, 3.63) is 53.1 Å². The van der Waals surface area contributed by atoms with Gasteiger partial charge in [0.15, 0.2) is 0 Å². The van der Waals surface area contributed by atoms with E-state index in [2.05, 4.69) is 53.3 Å². The molecule has 0 unspecified atom stereocenters. The van der Waals surface area contributed by atoms with Crippen LogP contribution in [0.3, 0.4) is 0 Å². The summed E-state index contributed by atoms with van der Waals surface area (Å²) in [4.78, 5) is 20.8. The number of ether oxygens (including phenoxy) is 1. The Morgan fingerprint density at radius 2 is 1.90 bits per heavy atom. The molecule has 0 radical (unpaired) electrons. The molecule has 7 heteroatoms. The average Bonchev–Trinajstić information content (AvgIpc) is 3.13. The van der Waals surface area contributed by atoms with Crippen LogP contribution in [0, 0.1) is 13.8 Å². The first-order chi connectivity index (χ1) is 13.8. The van der Waals surface area contributed by atoms with E-state index >= 15 is 0 Å². The van der Waals surface area contributed by atoms with E-state index < -0.39 is 0 Å². The Bertz CT molecular complexity index is 987. The highest BCUT2D eigenvalue weighted by Crippen LogP contribution is 2.24. The van der Waals surface area contributed by atoms with Crippen LogP contribution in [0.2, 0.25) is 0 Å². The summed E-state index contributed by atoms with van der Waals surface area (Å²) in [7, 11) is 0. The number of hydrogen-bond acceptors (Lipinski definition) is 5. The summed E-state index contributed by atoms with van der Waals surface area (Å²) in [6, 6.07) is 8.11. The molecule has 0 aliphatic rings. The van der Waals surface area contributed by atoms with Gasteiger partial charge in [0, 0.05) is 17.8 Å². The van der Waals surface area contributed by atoms with E-state index in [-0.39, 0.29) is 11.3 Å². The number of hydrogen-bond donors (Lipinski definition) is 1. The molecule has 0 atom stereocenters. The number of amides is 1. The van der Waals surface area contributed by atoms with Crippen LogP contribution >= 0.6 is 0 Å². The number of carbonyl (C=O) groups is 1. The molecule has 0 saturated carbocycles. The van der Waals surface area contributed by atoms with Gasteiger partial charge in [-0.3, -0.25) is 4.79 Å². The number of fused-ring (bicyclic) bond motifs is 1. The average molecular weight is 396 g/mol. The highest BCUT2D eigenvalue weighted by Gasteiger charge is 2.14. The fourth-order valence-corrected chi connectivity index (χ4v) is 3.25. The van der Waals surface area contributed by atoms with Crippen LogP contribution in [0.1, 0.15) is 49.7 Å². The zero-order valence-electron chi connectivity index (χ0n) is 17.8. The Labute approximate surface area is 171 Å². The Morgan fingerprint density at radius 1 is 1.17 bits per heavy atom. The lowest BCUT2D eigenvalue weighted by atomic mass is 9.87. The summed E-state index contributed by atoms with van der Waals surface area (Å²) in [6.07, 6.45) is 2.49. The summed E-state index contributed by atoms with van der Waals surface area (Å²) in [6.45, 7) is 11.4. The lowest BCUT2D eigenvalue weighted by molar-refractivity contribution is -0.121. The molecule has 7 nitrogen and oxygen atoms in total. The molecule has 1 N–H and O–H groups in total. The van der Waals surface area contributed by atoms with Crippen LogP contribution in [0.4, 0.5) is 0 Å². The minimum absolute atomic E-state index is 0.00540. The molecule has 0 fully saturated rings. The number of aryl methyl sites for hydroxylation is 2. The summed E-state index contributed by atoms with van der Waals surface area (Å²) in [5.41, 5.74) is 4.28. The van der Waals surface area contributed by atoms with E-state index in [4.69, 9.17) is 4.74 Å². The maximum atomic E-state index is 12.2. The summed E-state index contributed by atoms with van der Waals surface area (Å²) >= 11 is 0. The lowest BCUT2D eigenvalue weighted by Crippen LogP contribution is -2.28. The molecule has 154 valence electrons. The number of nitrogens with zero attached hydrogens (tertiary/aromatic N) is 4. The highest BCUT2D eigenvalue weighted by molar-refractivity contribution is 5.76. The molecule has 0 saturated heterocycles. The molecule has 0 aliphatic carbocycles. The minimum Gasteiger partial charge on any atom is -0.492 e. The van der Waals surface area contributed by atoms with Crippen molar-refractivity contribution in [2.75, 3.05) is 13.2 Å². The third-order valence-electron chi connectivity index (χ3n) is 5.00. The van der Waals surface area contributed by atoms with Gasteiger partial charge in [0.2, 0.25) is 5.91 Å². The van der Waals surface area contributed by atoms with Crippen LogP contribution < -0.4 is 10.1 Å². The van der Waals surface area contributed by atoms with E-state index in [0.717, 1.165) is 22.7 Å². The van der Waals surface area contributed by atoms with Crippen molar-refractivity contribution >= 4 is 11.7 Å². The third-order valence-corrected chi connectivity index (χ3v) is 5.00. The van der Waals surface area contributed by atoms with Crippen molar-refractivity contribution in [3.8, 4) is 5.75 Å². The molecule has 3 aromatic rings. The second-order valence-corrected chi connectivity index (χ2v) is 8.21. The van der Waals surface area contributed by atoms with Crippen LogP contribution in [0.25, 0.3) is 5.78 Å². The molecule has 1 aromatic carbocycles. The number of nitrogens with one attached hydrogen (secondary N) is 1. The first-order valence-corrected chi connectivity index (χ1v) is 9.91. The fourth-order valence-electron chi connectivity index (χ4n) is 3.25. The topological polar surface area (TPSA) is 81.4 Å². The van der Waals surface area contributed by atoms with Crippen molar-refractivity contribution in [3.63, 3.8) is 0 Å². The monoisotopic (exact) mass is 395 g/mol. The second-order valence-electron chi connectivity index (χ2n) is 8.21. The molecular formula is C22H29N5O2. The van der Waals surface area contributed by atoms with E-state index in [1.165, 1.54) is 11.9 Å². The molecular weight excluding hydrogens is 366 g/mol. The van der Waals surface area contributed by atoms with Crippen molar-refractivity contribution in [2.45, 2.75) is 52.9 Å². The minimum atomic E-state index is -0.00540. The summed E-state index contributed by atoms with van der Waals surface area (Å²) < 4.78 is 7.43. The van der Waals surface area contributed by atoms with Gasteiger partial charge in [-0.15, -0.1) is 0 Å². The molecule has 29 heavy (non-hydrogen) atoms. The van der Waals surface area contributed by atoms with Crippen molar-refractivity contribution in [2.24, 2.45) is 0 Å². The van der Waals surface area contributed by atoms with Gasteiger partial charge >= 0.3 is 0 Å². The largest absolute Gasteiger partial charge is 0.492 e. The molecule has 0 bridgehead atoms. The lowest BCUT2D eigenvalue weighted by Gasteiger charge is -2.19. The molecule has 2 heterocycles. The quantitative estimate of drug-likeness (QED) is 0.622. The number of carbonyl (C=O) groups excluding carboxylic acids is 1. The van der Waals surface area contributed by atoms with Crippen LogP contribution in [0.5, 0.6) is 5.75 Å². The van der Waals surface area contributed by atoms with Gasteiger partial charge in [-0.25, -0.2) is 9.50 Å². The third kappa shape index (κ3) is 5.10. The van der Waals surface area contributed by atoms with Crippen molar-refractivity contribution in [1.82, 2.24) is 24.9 Å². The van der Waals surface area contributed by atoms with E-state index in [0.29, 0.717) is 31.8 Å². The Hall–Kier alpha value is -2.96. The molecule has 3 rings (SSSR count). The van der Waals surface area contributed by atoms with E-state index in [1.54, 1.807) is 4.52 Å². The first-order valence-electron chi connectivity index (χ1n) is 9.91. The van der Waals surface area contributed by atoms with Gasteiger partial charge in [-0.05, 0) is 48.9 Å². The number of rotatable bonds is 7. The Balaban J connectivity index is 1.44. The van der Waals surface area contributed by atoms with E-state index in [9.17, 15) is 4.79 Å². The standard InChI is InChI=1S/C22H29N5O2/c1-15-19(16(2)27-21(26-15)24-14-25-27)10-11-20(28)23-12-13-29-18-8-6-17(7-9-18)22(3,4)5/h6-9,14H,10-13H2,1-5H3,(H,23,28). The van der Waals surface area contributed by atoms with E-state index in [1.807, 2.05) is 26.0 Å². The second kappa shape index (κ2) is 8.59. The molecule has 2 aromatic heterocycles. The van der Waals surface area contributed by atoms with Gasteiger partial charge in [0.1, 0.15) is 18.7 Å². The molecule has 1 amide bonds. The fraction of sp³-hybridized carbons (Fsp3) is 0.455. The Morgan fingerprint density at radius 3 is 2.59 bits per heavy atom. The van der Waals surface area contributed by atoms with Crippen LogP contribution in [-0.4, -0.2) is 38.6 Å². The SMILES string of the molecule is Cc1nc2ncnn2c(C)c1CCC(=O)NCCOc1ccc(C(C)(C)C)cc1. The Kier molecular flexibility index (Phi) is 6.15. The van der Waals surface area contributed by atoms with Crippen molar-refractivity contribution in [1.29, 1.82) is 0 Å². The molecule has 0 aliphatic heterocycles. The predicted molar refractivity (Wildman–Crippen MR) is 112 cm³/mol. The zero-order chi connectivity index (χ0) is 21.0. The van der Waals surface area contributed by atoms with Crippen LogP contribution in [-0.2, 0) is 16.6 Å². The van der Waals surface area contributed by atoms with Gasteiger partial charge in [0.25, 0.3) is 5.78 Å². The summed E-state index contributed by atoms with van der Waals surface area (Å²) in [5, 5.41) is 7.09. The zero-order valence-corrected chi connectivity index (χ0v) is 17.8. The maximum Gasteiger partial charge on any atom is 0.252 e. The molecule has 0 spiro atoms.